The molecule has 1 aliphatic rings. The Morgan fingerprint density at radius 3 is 2.58 bits per heavy atom. The highest BCUT2D eigenvalue weighted by Crippen LogP contribution is 2.33. The maximum Gasteiger partial charge on any atom is 0.416 e. The lowest BCUT2D eigenvalue weighted by Crippen LogP contribution is -2.39. The van der Waals surface area contributed by atoms with Gasteiger partial charge in [-0.1, -0.05) is 24.3 Å². The minimum absolute atomic E-state index is 0.0181. The highest BCUT2D eigenvalue weighted by Gasteiger charge is 2.31. The topological polar surface area (TPSA) is 59.2 Å². The number of carbonyl (C=O) groups is 1. The zero-order valence-electron chi connectivity index (χ0n) is 16.8. The number of aromatic nitrogens is 1. The molecule has 2 aromatic carbocycles. The Morgan fingerprint density at radius 1 is 1.03 bits per heavy atom. The number of hydrogen-bond donors (Lipinski definition) is 1. The number of nitrogen functional groups attached to an aromatic ring is 1. The van der Waals surface area contributed by atoms with Gasteiger partial charge in [-0.25, -0.2) is 0 Å². The number of carbonyl (C=O) groups excluding carboxylic acids is 1. The van der Waals surface area contributed by atoms with E-state index in [1.807, 2.05) is 6.07 Å². The maximum atomic E-state index is 13.1. The molecular weight excluding hydrogens is 403 g/mol. The quantitative estimate of drug-likeness (QED) is 0.574. The molecule has 1 fully saturated rings. The number of pyridine rings is 1. The van der Waals surface area contributed by atoms with E-state index in [-0.39, 0.29) is 11.8 Å². The molecule has 1 aliphatic heterocycles. The van der Waals surface area contributed by atoms with E-state index in [0.717, 1.165) is 30.7 Å². The van der Waals surface area contributed by atoms with Crippen molar-refractivity contribution in [2.75, 3.05) is 18.8 Å². The van der Waals surface area contributed by atoms with Crippen LogP contribution < -0.4 is 5.73 Å². The molecule has 2 heterocycles. The number of hydrogen-bond acceptors (Lipinski definition) is 3. The van der Waals surface area contributed by atoms with E-state index in [4.69, 9.17) is 5.73 Å². The third kappa shape index (κ3) is 4.71. The van der Waals surface area contributed by atoms with E-state index in [9.17, 15) is 18.0 Å². The van der Waals surface area contributed by atoms with Crippen molar-refractivity contribution >= 4 is 11.6 Å². The first-order valence-corrected chi connectivity index (χ1v) is 10.1. The third-order valence-electron chi connectivity index (χ3n) is 5.52. The van der Waals surface area contributed by atoms with Crippen molar-refractivity contribution in [3.05, 3.63) is 83.6 Å². The fraction of sp³-hybridized carbons (Fsp3) is 0.250. The van der Waals surface area contributed by atoms with Crippen molar-refractivity contribution in [1.29, 1.82) is 0 Å². The molecule has 4 nitrogen and oxygen atoms in total. The molecule has 0 bridgehead atoms. The van der Waals surface area contributed by atoms with E-state index in [2.05, 4.69) is 4.98 Å². The lowest BCUT2D eigenvalue weighted by Gasteiger charge is -2.32. The number of halogens is 3. The molecule has 0 spiro atoms. The van der Waals surface area contributed by atoms with E-state index < -0.39 is 11.7 Å². The standard InChI is InChI=1S/C24H22F3N3O/c25-24(26,27)19-8-1-5-16(13-19)21-10-3-11-22(29-21)18-7-4-12-30(15-18)23(31)17-6-2-9-20(28)14-17/h1-3,5-6,8-11,13-14,18H,4,7,12,15,28H2. The number of anilines is 1. The van der Waals surface area contributed by atoms with Gasteiger partial charge in [0.1, 0.15) is 0 Å². The Hall–Kier alpha value is -3.35. The summed E-state index contributed by atoms with van der Waals surface area (Å²) < 4.78 is 39.2. The van der Waals surface area contributed by atoms with Crippen LogP contribution in [0, 0.1) is 0 Å². The van der Waals surface area contributed by atoms with Crippen LogP contribution in [0.2, 0.25) is 0 Å². The van der Waals surface area contributed by atoms with Crippen LogP contribution in [0.1, 0.15) is 40.4 Å². The van der Waals surface area contributed by atoms with Crippen molar-refractivity contribution in [1.82, 2.24) is 9.88 Å². The van der Waals surface area contributed by atoms with Crippen LogP contribution in [0.5, 0.6) is 0 Å². The Bertz CT molecular complexity index is 1100. The molecule has 1 unspecified atom stereocenters. The van der Waals surface area contributed by atoms with Gasteiger partial charge in [-0.15, -0.1) is 0 Å². The Kier molecular flexibility index (Phi) is 5.67. The van der Waals surface area contributed by atoms with E-state index in [1.165, 1.54) is 6.07 Å². The first-order chi connectivity index (χ1) is 14.8. The van der Waals surface area contributed by atoms with Crippen molar-refractivity contribution < 1.29 is 18.0 Å². The molecule has 1 atom stereocenters. The van der Waals surface area contributed by atoms with Gasteiger partial charge in [-0.05, 0) is 55.3 Å². The lowest BCUT2D eigenvalue weighted by molar-refractivity contribution is -0.137. The highest BCUT2D eigenvalue weighted by molar-refractivity contribution is 5.95. The smallest absolute Gasteiger partial charge is 0.399 e. The monoisotopic (exact) mass is 425 g/mol. The van der Waals surface area contributed by atoms with Gasteiger partial charge >= 0.3 is 6.18 Å². The summed E-state index contributed by atoms with van der Waals surface area (Å²) in [7, 11) is 0. The SMILES string of the molecule is Nc1cccc(C(=O)N2CCCC(c3cccc(-c4cccc(C(F)(F)F)c4)n3)C2)c1. The molecule has 3 aromatic rings. The summed E-state index contributed by atoms with van der Waals surface area (Å²) in [6, 6.07) is 17.5. The number of alkyl halides is 3. The largest absolute Gasteiger partial charge is 0.416 e. The fourth-order valence-electron chi connectivity index (χ4n) is 3.95. The van der Waals surface area contributed by atoms with E-state index >= 15 is 0 Å². The average Bonchev–Trinajstić information content (AvgIpc) is 2.78. The molecule has 1 amide bonds. The van der Waals surface area contributed by atoms with Crippen molar-refractivity contribution in [3.63, 3.8) is 0 Å². The van der Waals surface area contributed by atoms with Gasteiger partial charge in [0.2, 0.25) is 0 Å². The molecule has 0 saturated carbocycles. The molecule has 0 aliphatic carbocycles. The van der Waals surface area contributed by atoms with Gasteiger partial charge in [0.15, 0.2) is 0 Å². The minimum atomic E-state index is -4.40. The van der Waals surface area contributed by atoms with Gasteiger partial charge in [0.25, 0.3) is 5.91 Å². The predicted molar refractivity (Wildman–Crippen MR) is 113 cm³/mol. The summed E-state index contributed by atoms with van der Waals surface area (Å²) in [4.78, 5) is 19.3. The number of benzene rings is 2. The first-order valence-electron chi connectivity index (χ1n) is 10.1. The number of rotatable bonds is 3. The number of amides is 1. The zero-order valence-corrected chi connectivity index (χ0v) is 16.8. The van der Waals surface area contributed by atoms with Crippen LogP contribution in [0.25, 0.3) is 11.3 Å². The van der Waals surface area contributed by atoms with Crippen molar-refractivity contribution in [3.8, 4) is 11.3 Å². The molecule has 2 N–H and O–H groups in total. The fourth-order valence-corrected chi connectivity index (χ4v) is 3.95. The summed E-state index contributed by atoms with van der Waals surface area (Å²) in [5, 5.41) is 0. The number of piperidine rings is 1. The molecule has 7 heteroatoms. The van der Waals surface area contributed by atoms with E-state index in [0.29, 0.717) is 35.6 Å². The molecular formula is C24H22F3N3O. The lowest BCUT2D eigenvalue weighted by atomic mass is 9.93. The molecule has 1 aromatic heterocycles. The summed E-state index contributed by atoms with van der Waals surface area (Å²) in [5.41, 5.74) is 7.87. The number of likely N-dealkylation sites (tertiary alicyclic amines) is 1. The van der Waals surface area contributed by atoms with Gasteiger partial charge in [-0.2, -0.15) is 13.2 Å². The summed E-state index contributed by atoms with van der Waals surface area (Å²) >= 11 is 0. The zero-order chi connectivity index (χ0) is 22.0. The normalized spacial score (nSPS) is 16.9. The predicted octanol–water partition coefficient (Wildman–Crippen LogP) is 5.37. The minimum Gasteiger partial charge on any atom is -0.399 e. The second kappa shape index (κ2) is 8.41. The molecule has 4 rings (SSSR count). The van der Waals surface area contributed by atoms with Crippen molar-refractivity contribution in [2.45, 2.75) is 24.9 Å². The van der Waals surface area contributed by atoms with Gasteiger partial charge in [0.05, 0.1) is 11.3 Å². The van der Waals surface area contributed by atoms with Crippen LogP contribution in [0.4, 0.5) is 18.9 Å². The van der Waals surface area contributed by atoms with Gasteiger partial charge < -0.3 is 10.6 Å². The first kappa shape index (κ1) is 20.9. The third-order valence-corrected chi connectivity index (χ3v) is 5.52. The van der Waals surface area contributed by atoms with Crippen LogP contribution in [-0.4, -0.2) is 28.9 Å². The average molecular weight is 425 g/mol. The van der Waals surface area contributed by atoms with Crippen LogP contribution in [-0.2, 0) is 6.18 Å². The van der Waals surface area contributed by atoms with E-state index in [1.54, 1.807) is 47.4 Å². The van der Waals surface area contributed by atoms with Crippen LogP contribution in [0.15, 0.2) is 66.7 Å². The van der Waals surface area contributed by atoms with Gasteiger partial charge in [-0.3, -0.25) is 9.78 Å². The molecule has 160 valence electrons. The summed E-state index contributed by atoms with van der Waals surface area (Å²) in [6.45, 7) is 1.16. The van der Waals surface area contributed by atoms with Crippen molar-refractivity contribution in [2.24, 2.45) is 0 Å². The molecule has 31 heavy (non-hydrogen) atoms. The Morgan fingerprint density at radius 2 is 1.81 bits per heavy atom. The van der Waals surface area contributed by atoms with Gasteiger partial charge in [0, 0.05) is 41.5 Å². The second-order valence-electron chi connectivity index (χ2n) is 7.74. The van der Waals surface area contributed by atoms with Crippen LogP contribution >= 0.6 is 0 Å². The Balaban J connectivity index is 1.56. The summed E-state index contributed by atoms with van der Waals surface area (Å²) in [5.74, 6) is -0.0597. The van der Waals surface area contributed by atoms with Crippen LogP contribution in [0.3, 0.4) is 0 Å². The summed E-state index contributed by atoms with van der Waals surface area (Å²) in [6.07, 6.45) is -2.72. The maximum absolute atomic E-state index is 13.1. The number of nitrogens with zero attached hydrogens (tertiary/aromatic N) is 2. The molecule has 1 saturated heterocycles. The second-order valence-corrected chi connectivity index (χ2v) is 7.74. The Labute approximate surface area is 178 Å². The molecule has 0 radical (unpaired) electrons. The highest BCUT2D eigenvalue weighted by atomic mass is 19.4. The number of nitrogens with two attached hydrogens (primary N) is 1.